The molecule has 1 atom stereocenters. The summed E-state index contributed by atoms with van der Waals surface area (Å²) in [5, 5.41) is 12.1. The van der Waals surface area contributed by atoms with Crippen LogP contribution in [0, 0.1) is 5.92 Å². The van der Waals surface area contributed by atoms with Crippen LogP contribution in [0.4, 0.5) is 0 Å². The molecule has 1 rings (SSSR count). The summed E-state index contributed by atoms with van der Waals surface area (Å²) in [7, 11) is 0. The number of hydrogen-bond acceptors (Lipinski definition) is 3. The van der Waals surface area contributed by atoms with E-state index in [1.807, 2.05) is 19.9 Å². The van der Waals surface area contributed by atoms with Gasteiger partial charge in [-0.2, -0.15) is 0 Å². The minimum atomic E-state index is -0.804. The molecule has 0 aromatic carbocycles. The number of hydrogen-bond donors (Lipinski definition) is 2. The lowest BCUT2D eigenvalue weighted by Crippen LogP contribution is -2.37. The van der Waals surface area contributed by atoms with Crippen LogP contribution in [0.15, 0.2) is 22.9 Å². The lowest BCUT2D eigenvalue weighted by molar-refractivity contribution is -0.140. The Labute approximate surface area is 110 Å². The second-order valence-electron chi connectivity index (χ2n) is 4.41. The number of pyridine rings is 1. The molecule has 17 heavy (non-hydrogen) atoms. The molecule has 0 fully saturated rings. The number of nitrogens with one attached hydrogen (secondary N) is 1. The maximum absolute atomic E-state index is 11.0. The summed E-state index contributed by atoms with van der Waals surface area (Å²) in [5.74, 6) is -0.453. The molecule has 0 aliphatic rings. The Bertz CT molecular complexity index is 383. The number of carboxylic acid groups (broad SMARTS) is 1. The first-order valence-corrected chi connectivity index (χ1v) is 6.34. The summed E-state index contributed by atoms with van der Waals surface area (Å²) < 4.78 is 0.896. The molecule has 5 heteroatoms. The van der Waals surface area contributed by atoms with Crippen molar-refractivity contribution in [3.05, 3.63) is 28.5 Å². The molecule has 94 valence electrons. The Hall–Kier alpha value is -0.940. The standard InChI is InChI=1S/C12H17BrN2O2/c1-8(2)3-11(12(16)17)15-6-9-4-10(13)7-14-5-9/h4-5,7-8,11,15H,3,6H2,1-2H3,(H,16,17)/t11-/m1/s1. The van der Waals surface area contributed by atoms with Gasteiger partial charge in [0.2, 0.25) is 0 Å². The Morgan fingerprint density at radius 2 is 2.24 bits per heavy atom. The smallest absolute Gasteiger partial charge is 0.320 e. The van der Waals surface area contributed by atoms with E-state index >= 15 is 0 Å². The molecule has 0 saturated heterocycles. The number of aliphatic carboxylic acids is 1. The molecule has 0 amide bonds. The Balaban J connectivity index is 2.54. The Morgan fingerprint density at radius 3 is 2.76 bits per heavy atom. The van der Waals surface area contributed by atoms with Crippen molar-refractivity contribution in [1.82, 2.24) is 10.3 Å². The molecule has 0 bridgehead atoms. The van der Waals surface area contributed by atoms with E-state index in [0.717, 1.165) is 10.0 Å². The van der Waals surface area contributed by atoms with Crippen LogP contribution < -0.4 is 5.32 Å². The molecule has 0 aliphatic heterocycles. The van der Waals surface area contributed by atoms with Crippen LogP contribution in [0.25, 0.3) is 0 Å². The van der Waals surface area contributed by atoms with E-state index in [9.17, 15) is 4.79 Å². The molecule has 0 saturated carbocycles. The molecular formula is C12H17BrN2O2. The van der Waals surface area contributed by atoms with Crippen molar-refractivity contribution >= 4 is 21.9 Å². The van der Waals surface area contributed by atoms with Crippen molar-refractivity contribution in [2.45, 2.75) is 32.9 Å². The van der Waals surface area contributed by atoms with Gasteiger partial charge in [-0.1, -0.05) is 13.8 Å². The van der Waals surface area contributed by atoms with Crippen LogP contribution in [-0.2, 0) is 11.3 Å². The predicted molar refractivity (Wildman–Crippen MR) is 69.7 cm³/mol. The molecule has 2 N–H and O–H groups in total. The van der Waals surface area contributed by atoms with E-state index in [-0.39, 0.29) is 0 Å². The number of carbonyl (C=O) groups is 1. The van der Waals surface area contributed by atoms with E-state index in [2.05, 4.69) is 26.2 Å². The topological polar surface area (TPSA) is 62.2 Å². The third-order valence-corrected chi connectivity index (χ3v) is 2.75. The van der Waals surface area contributed by atoms with E-state index in [0.29, 0.717) is 18.9 Å². The average Bonchev–Trinajstić information content (AvgIpc) is 2.23. The average molecular weight is 301 g/mol. The zero-order valence-corrected chi connectivity index (χ0v) is 11.6. The molecule has 1 aromatic rings. The largest absolute Gasteiger partial charge is 0.480 e. The third-order valence-electron chi connectivity index (χ3n) is 2.32. The fourth-order valence-corrected chi connectivity index (χ4v) is 1.95. The van der Waals surface area contributed by atoms with E-state index in [1.54, 1.807) is 12.4 Å². The number of rotatable bonds is 6. The van der Waals surface area contributed by atoms with Gasteiger partial charge >= 0.3 is 5.97 Å². The lowest BCUT2D eigenvalue weighted by Gasteiger charge is -2.16. The molecule has 0 radical (unpaired) electrons. The molecule has 0 spiro atoms. The van der Waals surface area contributed by atoms with Crippen LogP contribution >= 0.6 is 15.9 Å². The van der Waals surface area contributed by atoms with Crippen LogP contribution in [-0.4, -0.2) is 22.1 Å². The SMILES string of the molecule is CC(C)C[C@@H](NCc1cncc(Br)c1)C(=O)O. The van der Waals surface area contributed by atoms with E-state index < -0.39 is 12.0 Å². The first kappa shape index (κ1) is 14.1. The highest BCUT2D eigenvalue weighted by Crippen LogP contribution is 2.10. The van der Waals surface area contributed by atoms with Gasteiger partial charge in [-0.25, -0.2) is 0 Å². The van der Waals surface area contributed by atoms with Crippen molar-refractivity contribution < 1.29 is 9.90 Å². The second-order valence-corrected chi connectivity index (χ2v) is 5.33. The van der Waals surface area contributed by atoms with Crippen LogP contribution in [0.3, 0.4) is 0 Å². The molecular weight excluding hydrogens is 284 g/mol. The van der Waals surface area contributed by atoms with E-state index in [1.165, 1.54) is 0 Å². The van der Waals surface area contributed by atoms with Gasteiger partial charge in [0.25, 0.3) is 0 Å². The summed E-state index contributed by atoms with van der Waals surface area (Å²) in [6.45, 7) is 4.53. The number of halogens is 1. The molecule has 0 aliphatic carbocycles. The Morgan fingerprint density at radius 1 is 1.53 bits per heavy atom. The zero-order chi connectivity index (χ0) is 12.8. The van der Waals surface area contributed by atoms with Crippen molar-refractivity contribution in [3.63, 3.8) is 0 Å². The zero-order valence-electron chi connectivity index (χ0n) is 9.98. The molecule has 1 aromatic heterocycles. The minimum Gasteiger partial charge on any atom is -0.480 e. The highest BCUT2D eigenvalue weighted by Gasteiger charge is 2.17. The lowest BCUT2D eigenvalue weighted by atomic mass is 10.0. The van der Waals surface area contributed by atoms with Gasteiger partial charge in [0, 0.05) is 23.4 Å². The van der Waals surface area contributed by atoms with Crippen molar-refractivity contribution in [3.8, 4) is 0 Å². The summed E-state index contributed by atoms with van der Waals surface area (Å²) in [6.07, 6.45) is 4.05. The second kappa shape index (κ2) is 6.71. The van der Waals surface area contributed by atoms with Gasteiger partial charge in [0.05, 0.1) is 0 Å². The Kier molecular flexibility index (Phi) is 5.58. The fraction of sp³-hybridized carbons (Fsp3) is 0.500. The summed E-state index contributed by atoms with van der Waals surface area (Å²) in [6, 6.07) is 1.42. The quantitative estimate of drug-likeness (QED) is 0.847. The molecule has 4 nitrogen and oxygen atoms in total. The minimum absolute atomic E-state index is 0.351. The highest BCUT2D eigenvalue weighted by molar-refractivity contribution is 9.10. The highest BCUT2D eigenvalue weighted by atomic mass is 79.9. The molecule has 1 heterocycles. The first-order valence-electron chi connectivity index (χ1n) is 5.54. The van der Waals surface area contributed by atoms with Crippen molar-refractivity contribution in [2.24, 2.45) is 5.92 Å². The van der Waals surface area contributed by atoms with Gasteiger partial charge < -0.3 is 10.4 Å². The normalized spacial score (nSPS) is 12.7. The monoisotopic (exact) mass is 300 g/mol. The van der Waals surface area contributed by atoms with Crippen molar-refractivity contribution in [2.75, 3.05) is 0 Å². The first-order chi connectivity index (χ1) is 7.99. The van der Waals surface area contributed by atoms with Crippen molar-refractivity contribution in [1.29, 1.82) is 0 Å². The predicted octanol–water partition coefficient (Wildman–Crippen LogP) is 2.43. The van der Waals surface area contributed by atoms with Crippen LogP contribution in [0.2, 0.25) is 0 Å². The number of aromatic nitrogens is 1. The fourth-order valence-electron chi connectivity index (χ4n) is 1.54. The van der Waals surface area contributed by atoms with Gasteiger partial charge in [-0.3, -0.25) is 9.78 Å². The van der Waals surface area contributed by atoms with Gasteiger partial charge in [-0.15, -0.1) is 0 Å². The maximum atomic E-state index is 11.0. The van der Waals surface area contributed by atoms with Gasteiger partial charge in [0.15, 0.2) is 0 Å². The van der Waals surface area contributed by atoms with E-state index in [4.69, 9.17) is 5.11 Å². The number of carboxylic acids is 1. The number of nitrogens with zero attached hydrogens (tertiary/aromatic N) is 1. The van der Waals surface area contributed by atoms with Crippen LogP contribution in [0.5, 0.6) is 0 Å². The van der Waals surface area contributed by atoms with Gasteiger partial charge in [-0.05, 0) is 39.9 Å². The summed E-state index contributed by atoms with van der Waals surface area (Å²) in [5.41, 5.74) is 0.967. The van der Waals surface area contributed by atoms with Gasteiger partial charge in [0.1, 0.15) is 6.04 Å². The van der Waals surface area contributed by atoms with Crippen LogP contribution in [0.1, 0.15) is 25.8 Å². The maximum Gasteiger partial charge on any atom is 0.320 e. The summed E-state index contributed by atoms with van der Waals surface area (Å²) in [4.78, 5) is 15.1. The molecule has 0 unspecified atom stereocenters. The third kappa shape index (κ3) is 5.28. The summed E-state index contributed by atoms with van der Waals surface area (Å²) >= 11 is 3.33.